The molecule has 17 heavy (non-hydrogen) atoms. The van der Waals surface area contributed by atoms with Crippen LogP contribution in [0.4, 0.5) is 5.69 Å². The van der Waals surface area contributed by atoms with Crippen LogP contribution in [0, 0.1) is 0 Å². The molecule has 0 aromatic heterocycles. The number of anilines is 1. The lowest BCUT2D eigenvalue weighted by Gasteiger charge is -2.37. The van der Waals surface area contributed by atoms with Crippen LogP contribution in [0.2, 0.25) is 5.02 Å². The molecular weight excluding hydrogens is 304 g/mol. The van der Waals surface area contributed by atoms with Gasteiger partial charge in [0, 0.05) is 23.3 Å². The number of rotatable bonds is 3. The van der Waals surface area contributed by atoms with Gasteiger partial charge in [-0.1, -0.05) is 11.6 Å². The fourth-order valence-corrected chi connectivity index (χ4v) is 2.47. The first-order valence-corrected chi connectivity index (χ1v) is 6.83. The average Bonchev–Trinajstić information content (AvgIpc) is 2.35. The van der Waals surface area contributed by atoms with Gasteiger partial charge in [-0.05, 0) is 47.0 Å². The predicted molar refractivity (Wildman–Crippen MR) is 74.6 cm³/mol. The Balaban J connectivity index is 2.14. The number of benzene rings is 1. The second-order valence-corrected chi connectivity index (χ2v) is 5.66. The van der Waals surface area contributed by atoms with Gasteiger partial charge >= 0.3 is 0 Å². The Kier molecular flexibility index (Phi) is 4.31. The zero-order valence-corrected chi connectivity index (χ0v) is 11.9. The Morgan fingerprint density at radius 3 is 2.94 bits per heavy atom. The summed E-state index contributed by atoms with van der Waals surface area (Å²) in [5.41, 5.74) is 6.69. The lowest BCUT2D eigenvalue weighted by atomic mass is 9.92. The number of hydrogen-bond acceptors (Lipinski definition) is 3. The molecule has 0 aliphatic carbocycles. The topological polar surface area (TPSA) is 47.3 Å². The number of nitrogens with two attached hydrogens (primary N) is 1. The molecule has 0 amide bonds. The third-order valence-electron chi connectivity index (χ3n) is 3.04. The number of halogens is 2. The maximum atomic E-state index is 6.07. The van der Waals surface area contributed by atoms with Crippen molar-refractivity contribution < 1.29 is 4.74 Å². The Morgan fingerprint density at radius 1 is 1.53 bits per heavy atom. The fraction of sp³-hybridized carbons (Fsp3) is 0.500. The van der Waals surface area contributed by atoms with Crippen molar-refractivity contribution in [3.05, 3.63) is 27.7 Å². The van der Waals surface area contributed by atoms with Crippen LogP contribution in [0.15, 0.2) is 22.7 Å². The van der Waals surface area contributed by atoms with Crippen LogP contribution >= 0.6 is 27.5 Å². The SMILES string of the molecule is NCC1(Nc2ccc(Br)c(Cl)c2)CCCOC1. The van der Waals surface area contributed by atoms with E-state index in [9.17, 15) is 0 Å². The maximum absolute atomic E-state index is 6.07. The molecule has 1 heterocycles. The molecular formula is C12H16BrClN2O. The molecule has 1 aliphatic rings. The Morgan fingerprint density at radius 2 is 2.35 bits per heavy atom. The van der Waals surface area contributed by atoms with Crippen LogP contribution in [-0.2, 0) is 4.74 Å². The minimum absolute atomic E-state index is 0.157. The van der Waals surface area contributed by atoms with E-state index in [1.54, 1.807) is 0 Å². The molecule has 1 fully saturated rings. The summed E-state index contributed by atoms with van der Waals surface area (Å²) in [6.45, 7) is 2.03. The monoisotopic (exact) mass is 318 g/mol. The Hall–Kier alpha value is -0.290. The van der Waals surface area contributed by atoms with Gasteiger partial charge in [0.05, 0.1) is 17.2 Å². The quantitative estimate of drug-likeness (QED) is 0.900. The van der Waals surface area contributed by atoms with Gasteiger partial charge in [-0.15, -0.1) is 0 Å². The van der Waals surface area contributed by atoms with Crippen LogP contribution in [0.3, 0.4) is 0 Å². The highest BCUT2D eigenvalue weighted by molar-refractivity contribution is 9.10. The number of hydrogen-bond donors (Lipinski definition) is 2. The highest BCUT2D eigenvalue weighted by Gasteiger charge is 2.31. The summed E-state index contributed by atoms with van der Waals surface area (Å²) in [5, 5.41) is 4.15. The summed E-state index contributed by atoms with van der Waals surface area (Å²) in [6.07, 6.45) is 2.06. The highest BCUT2D eigenvalue weighted by Crippen LogP contribution is 2.29. The zero-order chi connectivity index (χ0) is 12.3. The first kappa shape index (κ1) is 13.1. The number of nitrogens with one attached hydrogen (secondary N) is 1. The van der Waals surface area contributed by atoms with E-state index in [1.165, 1.54) is 0 Å². The lowest BCUT2D eigenvalue weighted by Crippen LogP contribution is -2.51. The zero-order valence-electron chi connectivity index (χ0n) is 9.51. The van der Waals surface area contributed by atoms with E-state index in [-0.39, 0.29) is 5.54 Å². The third-order valence-corrected chi connectivity index (χ3v) is 4.27. The van der Waals surface area contributed by atoms with Gasteiger partial charge in [-0.3, -0.25) is 0 Å². The molecule has 1 saturated heterocycles. The van der Waals surface area contributed by atoms with E-state index in [2.05, 4.69) is 21.2 Å². The van der Waals surface area contributed by atoms with Gasteiger partial charge in [0.1, 0.15) is 0 Å². The van der Waals surface area contributed by atoms with Crippen LogP contribution < -0.4 is 11.1 Å². The van der Waals surface area contributed by atoms with Crippen molar-refractivity contribution >= 4 is 33.2 Å². The van der Waals surface area contributed by atoms with E-state index >= 15 is 0 Å². The van der Waals surface area contributed by atoms with Crippen molar-refractivity contribution in [2.45, 2.75) is 18.4 Å². The molecule has 94 valence electrons. The molecule has 0 bridgehead atoms. The molecule has 0 radical (unpaired) electrons. The van der Waals surface area contributed by atoms with Crippen molar-refractivity contribution in [2.75, 3.05) is 25.1 Å². The second-order valence-electron chi connectivity index (χ2n) is 4.39. The van der Waals surface area contributed by atoms with Crippen molar-refractivity contribution in [1.82, 2.24) is 0 Å². The Bertz CT molecular complexity index is 394. The van der Waals surface area contributed by atoms with Gasteiger partial charge in [0.15, 0.2) is 0 Å². The normalized spacial score (nSPS) is 24.6. The largest absolute Gasteiger partial charge is 0.379 e. The molecule has 3 nitrogen and oxygen atoms in total. The standard InChI is InChI=1S/C12H16BrClN2O/c13-10-3-2-9(6-11(10)14)16-12(7-15)4-1-5-17-8-12/h2-3,6,16H,1,4-5,7-8,15H2. The molecule has 0 saturated carbocycles. The molecule has 1 aromatic rings. The van der Waals surface area contributed by atoms with Crippen molar-refractivity contribution in [3.8, 4) is 0 Å². The minimum atomic E-state index is -0.157. The average molecular weight is 320 g/mol. The molecule has 1 atom stereocenters. The van der Waals surface area contributed by atoms with Crippen molar-refractivity contribution in [3.63, 3.8) is 0 Å². The van der Waals surface area contributed by atoms with Crippen LogP contribution in [-0.4, -0.2) is 25.3 Å². The summed E-state index contributed by atoms with van der Waals surface area (Å²) in [4.78, 5) is 0. The van der Waals surface area contributed by atoms with Crippen molar-refractivity contribution in [1.29, 1.82) is 0 Å². The lowest BCUT2D eigenvalue weighted by molar-refractivity contribution is 0.0502. The molecule has 1 unspecified atom stereocenters. The second kappa shape index (κ2) is 5.57. The van der Waals surface area contributed by atoms with E-state index < -0.39 is 0 Å². The molecule has 3 N–H and O–H groups in total. The highest BCUT2D eigenvalue weighted by atomic mass is 79.9. The van der Waals surface area contributed by atoms with E-state index in [4.69, 9.17) is 22.1 Å². The van der Waals surface area contributed by atoms with Gasteiger partial charge in [-0.25, -0.2) is 0 Å². The predicted octanol–water partition coefficient (Wildman–Crippen LogP) is 3.02. The fourth-order valence-electron chi connectivity index (χ4n) is 2.04. The van der Waals surface area contributed by atoms with Crippen LogP contribution in [0.5, 0.6) is 0 Å². The molecule has 2 rings (SSSR count). The van der Waals surface area contributed by atoms with Gasteiger partial charge in [-0.2, -0.15) is 0 Å². The summed E-state index contributed by atoms with van der Waals surface area (Å²) in [6, 6.07) is 5.82. The molecule has 0 spiro atoms. The summed E-state index contributed by atoms with van der Waals surface area (Å²) in [7, 11) is 0. The van der Waals surface area contributed by atoms with Gasteiger partial charge < -0.3 is 15.8 Å². The van der Waals surface area contributed by atoms with E-state index in [0.29, 0.717) is 18.2 Å². The molecule has 1 aliphatic heterocycles. The summed E-state index contributed by atoms with van der Waals surface area (Å²) >= 11 is 9.45. The van der Waals surface area contributed by atoms with E-state index in [0.717, 1.165) is 29.6 Å². The summed E-state index contributed by atoms with van der Waals surface area (Å²) < 4.78 is 6.41. The summed E-state index contributed by atoms with van der Waals surface area (Å²) in [5.74, 6) is 0. The van der Waals surface area contributed by atoms with Gasteiger partial charge in [0.25, 0.3) is 0 Å². The minimum Gasteiger partial charge on any atom is -0.379 e. The van der Waals surface area contributed by atoms with Crippen LogP contribution in [0.1, 0.15) is 12.8 Å². The van der Waals surface area contributed by atoms with E-state index in [1.807, 2.05) is 18.2 Å². The molecule has 1 aromatic carbocycles. The van der Waals surface area contributed by atoms with Crippen LogP contribution in [0.25, 0.3) is 0 Å². The maximum Gasteiger partial charge on any atom is 0.0729 e. The van der Waals surface area contributed by atoms with Gasteiger partial charge in [0.2, 0.25) is 0 Å². The Labute approximate surface area is 115 Å². The number of ether oxygens (including phenoxy) is 1. The van der Waals surface area contributed by atoms with Crippen molar-refractivity contribution in [2.24, 2.45) is 5.73 Å². The first-order chi connectivity index (χ1) is 8.15. The molecule has 5 heteroatoms. The first-order valence-electron chi connectivity index (χ1n) is 5.66. The third kappa shape index (κ3) is 3.13. The smallest absolute Gasteiger partial charge is 0.0729 e.